The zero-order valence-corrected chi connectivity index (χ0v) is 21.4. The minimum absolute atomic E-state index is 0.000817. The molecule has 0 saturated carbocycles. The van der Waals surface area contributed by atoms with Crippen LogP contribution in [0.15, 0.2) is 67.0 Å². The number of likely N-dealkylation sites (N-methyl/N-ethyl adjacent to an activating group) is 1. The molecule has 9 nitrogen and oxygen atoms in total. The van der Waals surface area contributed by atoms with E-state index in [4.69, 9.17) is 15.6 Å². The number of carbonyl (C=O) groups excluding carboxylic acids is 1. The number of ether oxygens (including phenoxy) is 1. The molecule has 1 fully saturated rings. The summed E-state index contributed by atoms with van der Waals surface area (Å²) in [6, 6.07) is 13.3. The lowest BCUT2D eigenvalue weighted by molar-refractivity contribution is -0.127. The first-order valence-corrected chi connectivity index (χ1v) is 12.5. The van der Waals surface area contributed by atoms with Gasteiger partial charge in [0.15, 0.2) is 5.65 Å². The molecule has 1 amide bonds. The number of halogens is 1. The first kappa shape index (κ1) is 25.3. The second-order valence-electron chi connectivity index (χ2n) is 9.58. The Morgan fingerprint density at radius 3 is 2.55 bits per heavy atom. The Balaban J connectivity index is 1.41. The van der Waals surface area contributed by atoms with Crippen molar-refractivity contribution in [3.8, 4) is 22.8 Å². The molecule has 196 valence electrons. The highest BCUT2D eigenvalue weighted by atomic mass is 19.1. The number of nitrogen functional groups attached to an aromatic ring is 1. The number of hydrogen-bond donors (Lipinski definition) is 1. The molecule has 0 aliphatic carbocycles. The lowest BCUT2D eigenvalue weighted by atomic mass is 10.1. The standard InChI is InChI=1S/C28H30FN7O2/c1-34(2)15-4-6-24(37)35-16-3-5-21(17-35)36-28-25(27(30)31-18-32-28)26(33-36)19-7-11-22(12-8-19)38-23-13-9-20(29)10-14-23/h4,6-14,18,21H,3,5,15-17H2,1-2H3,(H2,30,31,32)/t21-/m0/s1. The van der Waals surface area contributed by atoms with Crippen molar-refractivity contribution in [1.82, 2.24) is 29.5 Å². The largest absolute Gasteiger partial charge is 0.457 e. The maximum Gasteiger partial charge on any atom is 0.246 e. The third-order valence-electron chi connectivity index (χ3n) is 6.48. The highest BCUT2D eigenvalue weighted by molar-refractivity contribution is 5.98. The van der Waals surface area contributed by atoms with Crippen LogP contribution in [-0.2, 0) is 4.79 Å². The molecule has 3 heterocycles. The molecule has 2 N–H and O–H groups in total. The molecule has 1 saturated heterocycles. The molecule has 5 rings (SSSR count). The van der Waals surface area contributed by atoms with E-state index in [1.54, 1.807) is 18.2 Å². The first-order chi connectivity index (χ1) is 18.4. The molecule has 4 aromatic rings. The van der Waals surface area contributed by atoms with E-state index in [0.717, 1.165) is 18.4 Å². The maximum absolute atomic E-state index is 13.2. The molecule has 1 aliphatic rings. The molecule has 0 bridgehead atoms. The Labute approximate surface area is 220 Å². The van der Waals surface area contributed by atoms with Crippen molar-refractivity contribution in [2.24, 2.45) is 0 Å². The smallest absolute Gasteiger partial charge is 0.246 e. The maximum atomic E-state index is 13.2. The summed E-state index contributed by atoms with van der Waals surface area (Å²) in [5, 5.41) is 5.61. The van der Waals surface area contributed by atoms with Crippen molar-refractivity contribution >= 4 is 22.8 Å². The number of rotatable bonds is 7. The Kier molecular flexibility index (Phi) is 7.32. The van der Waals surface area contributed by atoms with Crippen LogP contribution in [-0.4, -0.2) is 69.2 Å². The van der Waals surface area contributed by atoms with Crippen LogP contribution >= 0.6 is 0 Å². The molecule has 0 radical (unpaired) electrons. The van der Waals surface area contributed by atoms with Gasteiger partial charge in [0.1, 0.15) is 35.2 Å². The number of piperidine rings is 1. The van der Waals surface area contributed by atoms with Gasteiger partial charge in [-0.25, -0.2) is 19.0 Å². The van der Waals surface area contributed by atoms with Crippen molar-refractivity contribution in [1.29, 1.82) is 0 Å². The summed E-state index contributed by atoms with van der Waals surface area (Å²) in [5.74, 6) is 1.18. The quantitative estimate of drug-likeness (QED) is 0.366. The lowest BCUT2D eigenvalue weighted by Crippen LogP contribution is -2.40. The summed E-state index contributed by atoms with van der Waals surface area (Å²) in [7, 11) is 3.93. The van der Waals surface area contributed by atoms with E-state index in [-0.39, 0.29) is 17.8 Å². The molecule has 0 unspecified atom stereocenters. The molecule has 38 heavy (non-hydrogen) atoms. The van der Waals surface area contributed by atoms with Crippen LogP contribution in [0.3, 0.4) is 0 Å². The van der Waals surface area contributed by atoms with Crippen molar-refractivity contribution in [3.05, 3.63) is 72.8 Å². The number of hydrogen-bond acceptors (Lipinski definition) is 7. The van der Waals surface area contributed by atoms with E-state index in [1.165, 1.54) is 18.5 Å². The van der Waals surface area contributed by atoms with Crippen molar-refractivity contribution in [2.45, 2.75) is 18.9 Å². The van der Waals surface area contributed by atoms with Gasteiger partial charge in [-0.2, -0.15) is 5.10 Å². The first-order valence-electron chi connectivity index (χ1n) is 12.5. The number of carbonyl (C=O) groups is 1. The van der Waals surface area contributed by atoms with Crippen LogP contribution in [0.4, 0.5) is 10.2 Å². The predicted octanol–water partition coefficient (Wildman–Crippen LogP) is 4.29. The number of amides is 1. The summed E-state index contributed by atoms with van der Waals surface area (Å²) >= 11 is 0. The third-order valence-corrected chi connectivity index (χ3v) is 6.48. The summed E-state index contributed by atoms with van der Waals surface area (Å²) in [5.41, 5.74) is 8.44. The van der Waals surface area contributed by atoms with Crippen LogP contribution < -0.4 is 10.5 Å². The molecule has 1 aliphatic heterocycles. The number of anilines is 1. The number of fused-ring (bicyclic) bond motifs is 1. The Bertz CT molecular complexity index is 1450. The average molecular weight is 516 g/mol. The molecule has 0 spiro atoms. The second kappa shape index (κ2) is 11.0. The molecule has 1 atom stereocenters. The third kappa shape index (κ3) is 5.50. The Morgan fingerprint density at radius 1 is 1.13 bits per heavy atom. The Hall–Kier alpha value is -4.31. The number of aromatic nitrogens is 4. The van der Waals surface area contributed by atoms with Gasteiger partial charge in [-0.3, -0.25) is 4.79 Å². The van der Waals surface area contributed by atoms with Gasteiger partial charge in [-0.1, -0.05) is 6.08 Å². The minimum atomic E-state index is -0.318. The molecule has 2 aromatic carbocycles. The molecule has 10 heteroatoms. The fourth-order valence-electron chi connectivity index (χ4n) is 4.60. The van der Waals surface area contributed by atoms with E-state index in [9.17, 15) is 9.18 Å². The number of nitrogens with two attached hydrogens (primary N) is 1. The van der Waals surface area contributed by atoms with Gasteiger partial charge in [-0.05, 0) is 75.5 Å². The zero-order chi connectivity index (χ0) is 26.6. The van der Waals surface area contributed by atoms with Crippen molar-refractivity contribution in [2.75, 3.05) is 39.5 Å². The molecular formula is C28H30FN7O2. The Morgan fingerprint density at radius 2 is 1.84 bits per heavy atom. The number of likely N-dealkylation sites (tertiary alicyclic amines) is 1. The summed E-state index contributed by atoms with van der Waals surface area (Å²) < 4.78 is 20.9. The van der Waals surface area contributed by atoms with Gasteiger partial charge in [0.25, 0.3) is 0 Å². The monoisotopic (exact) mass is 515 g/mol. The van der Waals surface area contributed by atoms with Gasteiger partial charge in [-0.15, -0.1) is 0 Å². The van der Waals surface area contributed by atoms with Gasteiger partial charge < -0.3 is 20.3 Å². The summed E-state index contributed by atoms with van der Waals surface area (Å²) in [4.78, 5) is 25.4. The lowest BCUT2D eigenvalue weighted by Gasteiger charge is -2.32. The van der Waals surface area contributed by atoms with Crippen LogP contribution in [0.25, 0.3) is 22.3 Å². The van der Waals surface area contributed by atoms with Gasteiger partial charge >= 0.3 is 0 Å². The summed E-state index contributed by atoms with van der Waals surface area (Å²) in [6.45, 7) is 1.95. The predicted molar refractivity (Wildman–Crippen MR) is 144 cm³/mol. The zero-order valence-electron chi connectivity index (χ0n) is 21.4. The topological polar surface area (TPSA) is 102 Å². The van der Waals surface area contributed by atoms with E-state index < -0.39 is 0 Å². The second-order valence-corrected chi connectivity index (χ2v) is 9.58. The van der Waals surface area contributed by atoms with Crippen LogP contribution in [0, 0.1) is 5.82 Å². The van der Waals surface area contributed by atoms with Gasteiger partial charge in [0.2, 0.25) is 5.91 Å². The normalized spacial score (nSPS) is 16.0. The number of benzene rings is 2. The summed E-state index contributed by atoms with van der Waals surface area (Å²) in [6.07, 6.45) is 6.70. The molecule has 2 aromatic heterocycles. The van der Waals surface area contributed by atoms with Gasteiger partial charge in [0, 0.05) is 31.3 Å². The van der Waals surface area contributed by atoms with Gasteiger partial charge in [0.05, 0.1) is 11.4 Å². The number of nitrogens with zero attached hydrogens (tertiary/aromatic N) is 6. The fraction of sp³-hybridized carbons (Fsp3) is 0.286. The van der Waals surface area contributed by atoms with Crippen molar-refractivity contribution in [3.63, 3.8) is 0 Å². The van der Waals surface area contributed by atoms with Crippen LogP contribution in [0.1, 0.15) is 18.9 Å². The van der Waals surface area contributed by atoms with Crippen LogP contribution in [0.5, 0.6) is 11.5 Å². The van der Waals surface area contributed by atoms with E-state index in [1.807, 2.05) is 58.9 Å². The van der Waals surface area contributed by atoms with Crippen LogP contribution in [0.2, 0.25) is 0 Å². The van der Waals surface area contributed by atoms with E-state index in [2.05, 4.69) is 9.97 Å². The highest BCUT2D eigenvalue weighted by Crippen LogP contribution is 2.35. The van der Waals surface area contributed by atoms with Crippen molar-refractivity contribution < 1.29 is 13.9 Å². The molecular weight excluding hydrogens is 485 g/mol. The fourth-order valence-corrected chi connectivity index (χ4v) is 4.60. The minimum Gasteiger partial charge on any atom is -0.457 e. The average Bonchev–Trinajstić information content (AvgIpc) is 3.31. The highest BCUT2D eigenvalue weighted by Gasteiger charge is 2.28. The van der Waals surface area contributed by atoms with E-state index in [0.29, 0.717) is 53.7 Å². The SMILES string of the molecule is CN(C)CC=CC(=O)N1CCC[C@H](n2nc(-c3ccc(Oc4ccc(F)cc4)cc3)c3c(N)ncnc32)C1. The van der Waals surface area contributed by atoms with E-state index >= 15 is 0 Å².